The Hall–Kier alpha value is -4.13. The molecule has 0 aliphatic carbocycles. The predicted octanol–water partition coefficient (Wildman–Crippen LogP) is 1.18. The van der Waals surface area contributed by atoms with Crippen molar-refractivity contribution in [3.63, 3.8) is 0 Å². The Balaban J connectivity index is 0.000000220. The van der Waals surface area contributed by atoms with E-state index in [1.807, 2.05) is 0 Å². The molecular formula is C36H22K2N8O12S2. The average molecular weight is 901 g/mol. The number of fused-ring (bicyclic) bond motifs is 2. The van der Waals surface area contributed by atoms with Crippen LogP contribution in [0.3, 0.4) is 0 Å². The second kappa shape index (κ2) is 20.6. The van der Waals surface area contributed by atoms with Crippen LogP contribution in [0.1, 0.15) is 31.8 Å². The van der Waals surface area contributed by atoms with Gasteiger partial charge in [0.15, 0.2) is 0 Å². The van der Waals surface area contributed by atoms with Crippen LogP contribution < -0.4 is 112 Å². The molecule has 4 heterocycles. The number of carboxylic acids is 2. The zero-order valence-corrected chi connectivity index (χ0v) is 38.8. The summed E-state index contributed by atoms with van der Waals surface area (Å²) in [7, 11) is 0. The van der Waals surface area contributed by atoms with Gasteiger partial charge in [-0.3, -0.25) is 20.2 Å². The van der Waals surface area contributed by atoms with Gasteiger partial charge in [0.1, 0.15) is 32.3 Å². The quantitative estimate of drug-likeness (QED) is 0.128. The van der Waals surface area contributed by atoms with Crippen molar-refractivity contribution in [3.8, 4) is 23.0 Å². The molecule has 2 N–H and O–H groups in total. The summed E-state index contributed by atoms with van der Waals surface area (Å²) < 4.78 is 11.1. The van der Waals surface area contributed by atoms with E-state index >= 15 is 0 Å². The number of rotatable bonds is 10. The van der Waals surface area contributed by atoms with E-state index < -0.39 is 32.5 Å². The molecule has 0 radical (unpaired) electrons. The molecule has 4 aliphatic heterocycles. The SMILES string of the molecule is O=C(O)c1ccc(Oc2ccc(C3=NC4=CN=CN([O-])C4S3)cc2[N+](=O)[O-])cc1.O=C(O)c1ccc(Oc2ccc(C3=NC4=CN=CN([O-])C4S3)cc2[N+](=O)[O-])cc1.[K+].[K+]. The van der Waals surface area contributed by atoms with Crippen molar-refractivity contribution >= 4 is 69.6 Å². The van der Waals surface area contributed by atoms with Crippen molar-refractivity contribution in [2.24, 2.45) is 20.0 Å². The van der Waals surface area contributed by atoms with Gasteiger partial charge in [0.2, 0.25) is 11.5 Å². The van der Waals surface area contributed by atoms with Crippen molar-refractivity contribution in [2.45, 2.75) is 10.7 Å². The summed E-state index contributed by atoms with van der Waals surface area (Å²) >= 11 is 2.35. The topological polar surface area (TPSA) is 281 Å². The largest absolute Gasteiger partial charge is 1.00 e. The Bertz CT molecular complexity index is 2380. The molecule has 8 rings (SSSR count). The third-order valence-electron chi connectivity index (χ3n) is 8.11. The number of ether oxygens (including phenoxy) is 2. The predicted molar refractivity (Wildman–Crippen MR) is 213 cm³/mol. The number of carboxylic acid groups (broad SMARTS) is 2. The van der Waals surface area contributed by atoms with Crippen LogP contribution >= 0.6 is 23.5 Å². The minimum absolute atomic E-state index is 0. The third kappa shape index (κ3) is 10.8. The van der Waals surface area contributed by atoms with Crippen molar-refractivity contribution in [2.75, 3.05) is 0 Å². The number of benzene rings is 4. The minimum atomic E-state index is -1.08. The van der Waals surface area contributed by atoms with E-state index in [2.05, 4.69) is 20.0 Å². The van der Waals surface area contributed by atoms with Gasteiger partial charge >= 0.3 is 126 Å². The normalized spacial score (nSPS) is 16.8. The Morgan fingerprint density at radius 3 is 1.30 bits per heavy atom. The molecule has 292 valence electrons. The fraction of sp³-hybridized carbons (Fsp3) is 0.0556. The number of hydrogen-bond donors (Lipinski definition) is 2. The van der Waals surface area contributed by atoms with Crippen LogP contribution in [0.5, 0.6) is 23.0 Å². The van der Waals surface area contributed by atoms with Crippen LogP contribution in [0.25, 0.3) is 0 Å². The second-order valence-corrected chi connectivity index (χ2v) is 14.0. The maximum Gasteiger partial charge on any atom is 1.00 e. The second-order valence-electron chi connectivity index (χ2n) is 11.9. The van der Waals surface area contributed by atoms with Gasteiger partial charge in [0.25, 0.3) is 0 Å². The summed E-state index contributed by atoms with van der Waals surface area (Å²) in [6.45, 7) is 0. The minimum Gasteiger partial charge on any atom is -0.757 e. The van der Waals surface area contributed by atoms with E-state index in [-0.39, 0.29) is 148 Å². The number of carbonyl (C=O) groups is 2. The van der Waals surface area contributed by atoms with Gasteiger partial charge in [0.05, 0.1) is 57.4 Å². The molecule has 4 aromatic carbocycles. The molecule has 0 fully saturated rings. The fourth-order valence-electron chi connectivity index (χ4n) is 5.36. The smallest absolute Gasteiger partial charge is 0.757 e. The first kappa shape index (κ1) is 46.9. The van der Waals surface area contributed by atoms with Crippen molar-refractivity contribution in [1.82, 2.24) is 10.1 Å². The Morgan fingerprint density at radius 2 is 0.983 bits per heavy atom. The van der Waals surface area contributed by atoms with Crippen LogP contribution in [-0.2, 0) is 0 Å². The van der Waals surface area contributed by atoms with Crippen LogP contribution in [0, 0.1) is 30.6 Å². The van der Waals surface area contributed by atoms with E-state index in [4.69, 9.17) is 19.7 Å². The molecule has 4 aliphatic rings. The van der Waals surface area contributed by atoms with Gasteiger partial charge in [0, 0.05) is 23.3 Å². The van der Waals surface area contributed by atoms with Gasteiger partial charge in [-0.1, -0.05) is 23.5 Å². The number of nitro benzene ring substituents is 2. The molecule has 0 aromatic heterocycles. The van der Waals surface area contributed by atoms with Crippen molar-refractivity contribution in [1.29, 1.82) is 0 Å². The summed E-state index contributed by atoms with van der Waals surface area (Å²) in [6.07, 6.45) is 5.25. The molecule has 4 aromatic rings. The maximum absolute atomic E-state index is 11.8. The molecule has 2 unspecified atom stereocenters. The number of hydroxylamine groups is 4. The number of nitrogens with zero attached hydrogens (tertiary/aromatic N) is 8. The number of aromatic carboxylic acids is 2. The zero-order chi connectivity index (χ0) is 41.1. The first-order valence-corrected chi connectivity index (χ1v) is 18.1. The number of hydrogen-bond acceptors (Lipinski definition) is 18. The summed E-state index contributed by atoms with van der Waals surface area (Å²) in [5, 5.41) is 65.7. The molecule has 0 spiro atoms. The van der Waals surface area contributed by atoms with Crippen LogP contribution in [0.15, 0.2) is 129 Å². The molecule has 0 amide bonds. The molecule has 20 nitrogen and oxygen atoms in total. The van der Waals surface area contributed by atoms with E-state index in [1.165, 1.54) is 109 Å². The van der Waals surface area contributed by atoms with Crippen LogP contribution in [0.2, 0.25) is 0 Å². The summed E-state index contributed by atoms with van der Waals surface area (Å²) in [5.74, 6) is -1.66. The third-order valence-corrected chi connectivity index (χ3v) is 10.6. The van der Waals surface area contributed by atoms with Gasteiger partial charge in [-0.25, -0.2) is 29.6 Å². The molecule has 0 bridgehead atoms. The van der Waals surface area contributed by atoms with Crippen LogP contribution in [-0.4, -0.2) is 75.6 Å². The Labute approximate surface area is 431 Å². The first-order valence-electron chi connectivity index (χ1n) is 16.3. The molecular weight excluding hydrogens is 879 g/mol. The van der Waals surface area contributed by atoms with Crippen molar-refractivity contribution < 1.29 is 142 Å². The molecule has 0 saturated heterocycles. The van der Waals surface area contributed by atoms with Gasteiger partial charge in [-0.2, -0.15) is 0 Å². The fourth-order valence-corrected chi connectivity index (χ4v) is 7.41. The van der Waals surface area contributed by atoms with Gasteiger partial charge in [-0.05, 0) is 72.8 Å². The number of nitro groups is 2. The van der Waals surface area contributed by atoms with E-state index in [0.717, 1.165) is 12.7 Å². The summed E-state index contributed by atoms with van der Waals surface area (Å²) in [6, 6.07) is 19.7. The van der Waals surface area contributed by atoms with Crippen LogP contribution in [0.4, 0.5) is 11.4 Å². The Kier molecular flexibility index (Phi) is 16.1. The molecule has 0 saturated carbocycles. The van der Waals surface area contributed by atoms with Crippen molar-refractivity contribution in [3.05, 3.63) is 162 Å². The first-order chi connectivity index (χ1) is 27.8. The summed E-state index contributed by atoms with van der Waals surface area (Å²) in [5.41, 5.74) is 1.47. The van der Waals surface area contributed by atoms with Gasteiger partial charge in [-0.15, -0.1) is 0 Å². The Morgan fingerprint density at radius 1 is 0.617 bits per heavy atom. The standard InChI is InChI=1S/2C18H11N4O6S.2K/c2*23-18(24)10-1-4-12(5-2-10)28-15-6-3-11(7-14(15)22(26)27)16-20-13-8-19-9-21(25)17(13)29-16;;/h2*1-9,17H,(H,23,24);;/q2*-1;2*+1. The summed E-state index contributed by atoms with van der Waals surface area (Å²) in [4.78, 5) is 60.0. The zero-order valence-electron chi connectivity index (χ0n) is 30.9. The number of aliphatic imine (C=N–C) groups is 4. The number of thioether (sulfide) groups is 2. The average Bonchev–Trinajstić information content (AvgIpc) is 3.86. The van der Waals surface area contributed by atoms with E-state index in [0.29, 0.717) is 42.7 Å². The van der Waals surface area contributed by atoms with Gasteiger partial charge < -0.3 is 40.2 Å². The monoisotopic (exact) mass is 900 g/mol. The maximum atomic E-state index is 11.8. The molecule has 2 atom stereocenters. The van der Waals surface area contributed by atoms with E-state index in [9.17, 15) is 40.2 Å². The molecule has 60 heavy (non-hydrogen) atoms. The van der Waals surface area contributed by atoms with E-state index in [1.54, 1.807) is 12.1 Å². The molecule has 24 heteroatoms.